The van der Waals surface area contributed by atoms with Crippen molar-refractivity contribution >= 4 is 39.8 Å². The van der Waals surface area contributed by atoms with Crippen molar-refractivity contribution in [1.29, 1.82) is 0 Å². The molecule has 1 saturated heterocycles. The summed E-state index contributed by atoms with van der Waals surface area (Å²) in [6.07, 6.45) is 0.215. The largest absolute Gasteiger partial charge is 0.495 e. The van der Waals surface area contributed by atoms with E-state index in [0.717, 1.165) is 30.1 Å². The maximum Gasteiger partial charge on any atom is 0.325 e. The van der Waals surface area contributed by atoms with Crippen molar-refractivity contribution in [1.82, 2.24) is 9.88 Å². The lowest BCUT2D eigenvalue weighted by atomic mass is 10.2. The zero-order valence-electron chi connectivity index (χ0n) is 18.7. The van der Waals surface area contributed by atoms with Crippen molar-refractivity contribution < 1.29 is 14.3 Å². The third-order valence-corrected chi connectivity index (χ3v) is 6.28. The van der Waals surface area contributed by atoms with Gasteiger partial charge in [-0.25, -0.2) is 9.78 Å². The number of nitrogens with one attached hydrogen (secondary N) is 2. The van der Waals surface area contributed by atoms with Crippen molar-refractivity contribution in [2.24, 2.45) is 0 Å². The highest BCUT2D eigenvalue weighted by atomic mass is 32.1. The summed E-state index contributed by atoms with van der Waals surface area (Å²) < 4.78 is 5.46. The molecular formula is C24H27N5O3S. The van der Waals surface area contributed by atoms with Gasteiger partial charge in [-0.3, -0.25) is 10.1 Å². The van der Waals surface area contributed by atoms with Gasteiger partial charge in [-0.15, -0.1) is 11.3 Å². The standard InChI is InChI=1S/C24H27N5O3S/c1-17-7-9-18(10-8-17)25-23(31)27-24-26-19(16-33-24)15-22(30)29-13-11-28(12-14-29)20-5-3-4-6-21(20)32-2/h3-10,16H,11-15H2,1-2H3,(H2,25,26,27,31). The molecule has 4 rings (SSSR count). The summed E-state index contributed by atoms with van der Waals surface area (Å²) in [7, 11) is 1.67. The number of methoxy groups -OCH3 is 1. The van der Waals surface area contributed by atoms with E-state index >= 15 is 0 Å². The van der Waals surface area contributed by atoms with Gasteiger partial charge in [-0.1, -0.05) is 29.8 Å². The van der Waals surface area contributed by atoms with Gasteiger partial charge in [-0.05, 0) is 31.2 Å². The van der Waals surface area contributed by atoms with Crippen molar-refractivity contribution in [2.45, 2.75) is 13.3 Å². The van der Waals surface area contributed by atoms with Crippen LogP contribution in [-0.2, 0) is 11.2 Å². The first kappa shape index (κ1) is 22.6. The lowest BCUT2D eigenvalue weighted by Crippen LogP contribution is -2.49. The quantitative estimate of drug-likeness (QED) is 0.575. The van der Waals surface area contributed by atoms with Crippen molar-refractivity contribution in [2.75, 3.05) is 48.8 Å². The number of piperazine rings is 1. The minimum Gasteiger partial charge on any atom is -0.495 e. The normalized spacial score (nSPS) is 13.5. The highest BCUT2D eigenvalue weighted by molar-refractivity contribution is 7.14. The van der Waals surface area contributed by atoms with Gasteiger partial charge < -0.3 is 19.9 Å². The number of nitrogens with zero attached hydrogens (tertiary/aromatic N) is 3. The minimum absolute atomic E-state index is 0.0376. The lowest BCUT2D eigenvalue weighted by molar-refractivity contribution is -0.130. The Labute approximate surface area is 197 Å². The number of hydrogen-bond donors (Lipinski definition) is 2. The Morgan fingerprint density at radius 3 is 2.48 bits per heavy atom. The number of benzene rings is 2. The minimum atomic E-state index is -0.362. The third-order valence-electron chi connectivity index (χ3n) is 5.47. The second kappa shape index (κ2) is 10.4. The van der Waals surface area contributed by atoms with Gasteiger partial charge >= 0.3 is 6.03 Å². The highest BCUT2D eigenvalue weighted by Crippen LogP contribution is 2.28. The van der Waals surface area contributed by atoms with E-state index < -0.39 is 0 Å². The molecule has 8 nitrogen and oxygen atoms in total. The van der Waals surface area contributed by atoms with Crippen molar-refractivity contribution in [3.8, 4) is 5.75 Å². The molecule has 0 atom stereocenters. The Hall–Kier alpha value is -3.59. The van der Waals surface area contributed by atoms with Gasteiger partial charge in [0.25, 0.3) is 0 Å². The summed E-state index contributed by atoms with van der Waals surface area (Å²) in [5, 5.41) is 7.77. The predicted molar refractivity (Wildman–Crippen MR) is 131 cm³/mol. The monoisotopic (exact) mass is 465 g/mol. The first-order valence-corrected chi connectivity index (χ1v) is 11.6. The average molecular weight is 466 g/mol. The van der Waals surface area contributed by atoms with Gasteiger partial charge in [0.05, 0.1) is 24.9 Å². The summed E-state index contributed by atoms with van der Waals surface area (Å²) >= 11 is 1.31. The number of rotatable bonds is 6. The fraction of sp³-hybridized carbons (Fsp3) is 0.292. The van der Waals surface area contributed by atoms with Crippen LogP contribution in [0.15, 0.2) is 53.9 Å². The molecule has 33 heavy (non-hydrogen) atoms. The average Bonchev–Trinajstić information content (AvgIpc) is 3.27. The van der Waals surface area contributed by atoms with Crippen LogP contribution in [0.3, 0.4) is 0 Å². The van der Waals surface area contributed by atoms with Crippen LogP contribution in [0.25, 0.3) is 0 Å². The molecule has 3 aromatic rings. The molecule has 1 fully saturated rings. The van der Waals surface area contributed by atoms with E-state index in [9.17, 15) is 9.59 Å². The summed E-state index contributed by atoms with van der Waals surface area (Å²) in [6.45, 7) is 4.77. The maximum atomic E-state index is 12.8. The number of amides is 3. The van der Waals surface area contributed by atoms with Gasteiger partial charge in [0, 0.05) is 37.2 Å². The molecule has 1 aliphatic rings. The fourth-order valence-corrected chi connectivity index (χ4v) is 4.40. The number of carbonyl (C=O) groups is 2. The van der Waals surface area contributed by atoms with E-state index in [-0.39, 0.29) is 18.4 Å². The van der Waals surface area contributed by atoms with Crippen LogP contribution in [0, 0.1) is 6.92 Å². The molecule has 3 amide bonds. The Balaban J connectivity index is 1.26. The predicted octanol–water partition coefficient (Wildman–Crippen LogP) is 4.00. The van der Waals surface area contributed by atoms with E-state index in [0.29, 0.717) is 29.6 Å². The molecule has 0 bridgehead atoms. The first-order chi connectivity index (χ1) is 16.0. The number of para-hydroxylation sites is 2. The van der Waals surface area contributed by atoms with Gasteiger partial charge in [0.15, 0.2) is 5.13 Å². The topological polar surface area (TPSA) is 86.8 Å². The van der Waals surface area contributed by atoms with Crippen LogP contribution < -0.4 is 20.3 Å². The number of hydrogen-bond acceptors (Lipinski definition) is 6. The smallest absolute Gasteiger partial charge is 0.325 e. The van der Waals surface area contributed by atoms with E-state index in [4.69, 9.17) is 4.74 Å². The van der Waals surface area contributed by atoms with Crippen LogP contribution in [-0.4, -0.2) is 55.1 Å². The molecule has 172 valence electrons. The van der Waals surface area contributed by atoms with E-state index in [1.807, 2.05) is 65.7 Å². The van der Waals surface area contributed by atoms with Crippen LogP contribution >= 0.6 is 11.3 Å². The number of aryl methyl sites for hydroxylation is 1. The summed E-state index contributed by atoms with van der Waals surface area (Å²) in [5.74, 6) is 0.877. The zero-order valence-corrected chi connectivity index (χ0v) is 19.5. The van der Waals surface area contributed by atoms with Crippen molar-refractivity contribution in [3.63, 3.8) is 0 Å². The van der Waals surface area contributed by atoms with Crippen molar-refractivity contribution in [3.05, 3.63) is 65.2 Å². The van der Waals surface area contributed by atoms with Gasteiger partial charge in [0.2, 0.25) is 5.91 Å². The van der Waals surface area contributed by atoms with Crippen LogP contribution in [0.5, 0.6) is 5.75 Å². The van der Waals surface area contributed by atoms with E-state index in [2.05, 4.69) is 20.5 Å². The zero-order chi connectivity index (χ0) is 23.2. The van der Waals surface area contributed by atoms with Crippen LogP contribution in [0.1, 0.15) is 11.3 Å². The highest BCUT2D eigenvalue weighted by Gasteiger charge is 2.23. The number of anilines is 3. The molecule has 0 radical (unpaired) electrons. The molecular weight excluding hydrogens is 438 g/mol. The number of ether oxygens (including phenoxy) is 1. The summed E-state index contributed by atoms with van der Waals surface area (Å²) in [4.78, 5) is 33.5. The van der Waals surface area contributed by atoms with Gasteiger partial charge in [-0.2, -0.15) is 0 Å². The Morgan fingerprint density at radius 2 is 1.76 bits per heavy atom. The lowest BCUT2D eigenvalue weighted by Gasteiger charge is -2.36. The molecule has 1 aliphatic heterocycles. The number of aromatic nitrogens is 1. The molecule has 1 aromatic heterocycles. The molecule has 2 N–H and O–H groups in total. The first-order valence-electron chi connectivity index (χ1n) is 10.8. The Bertz CT molecular complexity index is 1110. The van der Waals surface area contributed by atoms with E-state index in [1.165, 1.54) is 11.3 Å². The number of urea groups is 1. The third kappa shape index (κ3) is 5.81. The molecule has 9 heteroatoms. The molecule has 0 spiro atoms. The second-order valence-electron chi connectivity index (χ2n) is 7.81. The van der Waals surface area contributed by atoms with Gasteiger partial charge in [0.1, 0.15) is 5.75 Å². The number of thiazole rings is 1. The summed E-state index contributed by atoms with van der Waals surface area (Å²) in [5.41, 5.74) is 3.53. The molecule has 2 heterocycles. The SMILES string of the molecule is COc1ccccc1N1CCN(C(=O)Cc2csc(NC(=O)Nc3ccc(C)cc3)n2)CC1. The van der Waals surface area contributed by atoms with Crippen LogP contribution in [0.4, 0.5) is 21.3 Å². The molecule has 2 aromatic carbocycles. The Morgan fingerprint density at radius 1 is 1.03 bits per heavy atom. The molecule has 0 unspecified atom stereocenters. The maximum absolute atomic E-state index is 12.8. The molecule has 0 saturated carbocycles. The summed E-state index contributed by atoms with van der Waals surface area (Å²) in [6, 6.07) is 15.1. The fourth-order valence-electron chi connectivity index (χ4n) is 3.70. The Kier molecular flexibility index (Phi) is 7.09. The second-order valence-corrected chi connectivity index (χ2v) is 8.66. The molecule has 0 aliphatic carbocycles. The van der Waals surface area contributed by atoms with E-state index in [1.54, 1.807) is 7.11 Å². The number of carbonyl (C=O) groups excluding carboxylic acids is 2. The van der Waals surface area contributed by atoms with Crippen LogP contribution in [0.2, 0.25) is 0 Å².